The van der Waals surface area contributed by atoms with Crippen molar-refractivity contribution >= 4 is 29.8 Å². The highest BCUT2D eigenvalue weighted by Gasteiger charge is 2.13. The fourth-order valence-electron chi connectivity index (χ4n) is 2.08. The number of halogens is 1. The molecule has 0 saturated carbocycles. The van der Waals surface area contributed by atoms with Crippen LogP contribution in [-0.2, 0) is 4.79 Å². The van der Waals surface area contributed by atoms with Crippen LogP contribution in [0.15, 0.2) is 66.3 Å². The van der Waals surface area contributed by atoms with Gasteiger partial charge in [-0.2, -0.15) is 0 Å². The van der Waals surface area contributed by atoms with Crippen LogP contribution in [0.4, 0.5) is 0 Å². The number of carbonyl (C=O) groups excluding carboxylic acids is 1. The first kappa shape index (κ1) is 21.8. The van der Waals surface area contributed by atoms with Gasteiger partial charge in [-0.15, -0.1) is 24.0 Å². The Morgan fingerprint density at radius 3 is 2.26 bits per heavy atom. The first-order valence-corrected chi connectivity index (χ1v) is 7.95. The Morgan fingerprint density at radius 1 is 1.17 bits per heavy atom. The molecule has 0 N–H and O–H groups in total. The fraction of sp³-hybridized carbons (Fsp3) is 0.381. The number of hydrogen-bond acceptors (Lipinski definition) is 1. The van der Waals surface area contributed by atoms with E-state index in [1.807, 2.05) is 24.3 Å². The molecule has 1 aromatic carbocycles. The molecule has 0 spiro atoms. The van der Waals surface area contributed by atoms with Gasteiger partial charge in [-0.25, -0.2) is 0 Å². The van der Waals surface area contributed by atoms with Crippen LogP contribution in [0.1, 0.15) is 45.6 Å². The van der Waals surface area contributed by atoms with Crippen LogP contribution in [0.5, 0.6) is 0 Å². The van der Waals surface area contributed by atoms with Gasteiger partial charge in [0.25, 0.3) is 0 Å². The summed E-state index contributed by atoms with van der Waals surface area (Å²) in [6.07, 6.45) is 12.7. The van der Waals surface area contributed by atoms with E-state index < -0.39 is 0 Å². The number of rotatable bonds is 3. The van der Waals surface area contributed by atoms with Crippen molar-refractivity contribution in [3.63, 3.8) is 0 Å². The third-order valence-corrected chi connectivity index (χ3v) is 3.17. The Balaban J connectivity index is 0.000000509. The number of aryl methyl sites for hydroxylation is 1. The largest absolute Gasteiger partial charge is 0.295 e. The molecule has 0 fully saturated rings. The van der Waals surface area contributed by atoms with Crippen LogP contribution in [-0.4, -0.2) is 5.78 Å². The minimum absolute atomic E-state index is 0. The molecule has 0 heterocycles. The second-order valence-electron chi connectivity index (χ2n) is 6.90. The van der Waals surface area contributed by atoms with Gasteiger partial charge in [-0.05, 0) is 36.8 Å². The minimum Gasteiger partial charge on any atom is -0.295 e. The van der Waals surface area contributed by atoms with E-state index in [1.54, 1.807) is 6.08 Å². The topological polar surface area (TPSA) is 17.1 Å². The predicted octanol–water partition coefficient (Wildman–Crippen LogP) is 6.44. The lowest BCUT2D eigenvalue weighted by Gasteiger charge is -2.15. The molecular weight excluding hydrogens is 395 g/mol. The minimum atomic E-state index is 0. The lowest BCUT2D eigenvalue weighted by molar-refractivity contribution is -0.116. The summed E-state index contributed by atoms with van der Waals surface area (Å²) in [5.74, 6) is 0.220. The summed E-state index contributed by atoms with van der Waals surface area (Å²) < 4.78 is 0. The van der Waals surface area contributed by atoms with Crippen molar-refractivity contribution in [2.45, 2.75) is 47.0 Å². The SMILES string of the molecule is CC(C)(C)CC(=O)/C=C\C1=CC=CCC1.Cc1ccccc1.I. The second-order valence-corrected chi connectivity index (χ2v) is 6.90. The number of allylic oxidation sites excluding steroid dienone is 6. The van der Waals surface area contributed by atoms with E-state index in [0.29, 0.717) is 6.42 Å². The second kappa shape index (κ2) is 11.4. The average Bonchev–Trinajstić information content (AvgIpc) is 2.46. The quantitative estimate of drug-likeness (QED) is 0.403. The molecule has 1 nitrogen and oxygen atoms in total. The maximum atomic E-state index is 11.6. The van der Waals surface area contributed by atoms with Crippen molar-refractivity contribution in [1.82, 2.24) is 0 Å². The molecule has 0 amide bonds. The predicted molar refractivity (Wildman–Crippen MR) is 111 cm³/mol. The third-order valence-electron chi connectivity index (χ3n) is 3.17. The van der Waals surface area contributed by atoms with Crippen molar-refractivity contribution in [1.29, 1.82) is 0 Å². The first-order valence-electron chi connectivity index (χ1n) is 7.95. The molecule has 1 aliphatic carbocycles. The van der Waals surface area contributed by atoms with E-state index >= 15 is 0 Å². The van der Waals surface area contributed by atoms with Gasteiger partial charge in [0.05, 0.1) is 0 Å². The molecule has 1 aliphatic rings. The molecule has 2 heteroatoms. The van der Waals surface area contributed by atoms with Crippen molar-refractivity contribution in [3.8, 4) is 0 Å². The smallest absolute Gasteiger partial charge is 0.156 e. The van der Waals surface area contributed by atoms with Crippen molar-refractivity contribution in [2.24, 2.45) is 5.41 Å². The highest BCUT2D eigenvalue weighted by molar-refractivity contribution is 14.0. The molecule has 0 aromatic heterocycles. The van der Waals surface area contributed by atoms with Crippen molar-refractivity contribution in [3.05, 3.63) is 71.8 Å². The molecule has 0 radical (unpaired) electrons. The zero-order chi connectivity index (χ0) is 16.4. The van der Waals surface area contributed by atoms with Crippen LogP contribution in [0.2, 0.25) is 0 Å². The molecule has 1 aromatic rings. The van der Waals surface area contributed by atoms with Gasteiger partial charge in [0.1, 0.15) is 0 Å². The molecular formula is C21H29IO. The van der Waals surface area contributed by atoms with E-state index in [9.17, 15) is 4.79 Å². The van der Waals surface area contributed by atoms with Crippen LogP contribution in [0.3, 0.4) is 0 Å². The highest BCUT2D eigenvalue weighted by Crippen LogP contribution is 2.19. The molecule has 126 valence electrons. The van der Waals surface area contributed by atoms with Crippen LogP contribution < -0.4 is 0 Å². The Morgan fingerprint density at radius 2 is 1.83 bits per heavy atom. The summed E-state index contributed by atoms with van der Waals surface area (Å²) in [6.45, 7) is 8.34. The summed E-state index contributed by atoms with van der Waals surface area (Å²) in [5.41, 5.74) is 2.66. The van der Waals surface area contributed by atoms with E-state index in [1.165, 1.54) is 11.1 Å². The maximum absolute atomic E-state index is 11.6. The van der Waals surface area contributed by atoms with Gasteiger partial charge in [0, 0.05) is 6.42 Å². The van der Waals surface area contributed by atoms with Crippen molar-refractivity contribution in [2.75, 3.05) is 0 Å². The summed E-state index contributed by atoms with van der Waals surface area (Å²) >= 11 is 0. The Kier molecular flexibility index (Phi) is 10.8. The van der Waals surface area contributed by atoms with E-state index in [4.69, 9.17) is 0 Å². The summed E-state index contributed by atoms with van der Waals surface area (Å²) in [4.78, 5) is 11.6. The Bertz CT molecular complexity index is 545. The Labute approximate surface area is 158 Å². The van der Waals surface area contributed by atoms with Gasteiger partial charge in [-0.3, -0.25) is 4.79 Å². The molecule has 0 aliphatic heterocycles. The first-order chi connectivity index (χ1) is 10.4. The standard InChI is InChI=1S/C14H20O.C7H8.HI/c1-14(2,3)11-13(15)10-9-12-7-5-4-6-8-12;1-7-5-3-2-4-6-7;/h4-5,7,9-10H,6,8,11H2,1-3H3;2-6H,1H3;1H/b10-9-;;. The lowest BCUT2D eigenvalue weighted by atomic mass is 9.89. The number of hydrogen-bond donors (Lipinski definition) is 0. The van der Waals surface area contributed by atoms with Crippen molar-refractivity contribution < 1.29 is 4.79 Å². The van der Waals surface area contributed by atoms with Crippen LogP contribution in [0.25, 0.3) is 0 Å². The highest BCUT2D eigenvalue weighted by atomic mass is 127. The molecule has 0 bridgehead atoms. The average molecular weight is 424 g/mol. The van der Waals surface area contributed by atoms with Crippen LogP contribution in [0, 0.1) is 12.3 Å². The van der Waals surface area contributed by atoms with Crippen LogP contribution >= 0.6 is 24.0 Å². The molecule has 0 saturated heterocycles. The van der Waals surface area contributed by atoms with Gasteiger partial charge in [-0.1, -0.05) is 81.0 Å². The zero-order valence-corrected chi connectivity index (χ0v) is 17.0. The van der Waals surface area contributed by atoms with E-state index in [-0.39, 0.29) is 35.2 Å². The zero-order valence-electron chi connectivity index (χ0n) is 14.7. The maximum Gasteiger partial charge on any atom is 0.156 e. The van der Waals surface area contributed by atoms with E-state index in [0.717, 1.165) is 12.8 Å². The Hall–Kier alpha value is -1.16. The lowest BCUT2D eigenvalue weighted by Crippen LogP contribution is -2.10. The summed E-state index contributed by atoms with van der Waals surface area (Å²) in [5, 5.41) is 0. The molecule has 2 rings (SSSR count). The summed E-state index contributed by atoms with van der Waals surface area (Å²) in [6, 6.07) is 10.3. The van der Waals surface area contributed by atoms with Gasteiger partial charge >= 0.3 is 0 Å². The third kappa shape index (κ3) is 12.0. The monoisotopic (exact) mass is 424 g/mol. The molecule has 0 unspecified atom stereocenters. The van der Waals surface area contributed by atoms with Gasteiger partial charge < -0.3 is 0 Å². The number of benzene rings is 1. The molecule has 23 heavy (non-hydrogen) atoms. The number of ketones is 1. The number of carbonyl (C=O) groups is 1. The summed E-state index contributed by atoms with van der Waals surface area (Å²) in [7, 11) is 0. The fourth-order valence-corrected chi connectivity index (χ4v) is 2.08. The van der Waals surface area contributed by atoms with Gasteiger partial charge in [0.15, 0.2) is 5.78 Å². The van der Waals surface area contributed by atoms with E-state index in [2.05, 4.69) is 58.1 Å². The normalized spacial score (nSPS) is 13.7. The van der Waals surface area contributed by atoms with Gasteiger partial charge in [0.2, 0.25) is 0 Å². The molecule has 0 atom stereocenters.